The molecule has 0 bridgehead atoms. The number of pyridine rings is 1. The van der Waals surface area contributed by atoms with E-state index in [9.17, 15) is 9.18 Å². The Bertz CT molecular complexity index is 523. The summed E-state index contributed by atoms with van der Waals surface area (Å²) in [6.45, 7) is 0. The van der Waals surface area contributed by atoms with Crippen molar-refractivity contribution in [3.63, 3.8) is 0 Å². The number of fused-ring (bicyclic) bond motifs is 1. The van der Waals surface area contributed by atoms with Crippen LogP contribution in [0.1, 0.15) is 0 Å². The summed E-state index contributed by atoms with van der Waals surface area (Å²) < 4.78 is 13.8. The number of halogens is 2. The lowest BCUT2D eigenvalue weighted by Crippen LogP contribution is -2.13. The molecule has 0 amide bonds. The van der Waals surface area contributed by atoms with Crippen molar-refractivity contribution in [2.45, 2.75) is 0 Å². The Labute approximate surface area is 77.4 Å². The predicted molar refractivity (Wildman–Crippen MR) is 46.4 cm³/mol. The molecule has 0 fully saturated rings. The summed E-state index contributed by atoms with van der Waals surface area (Å²) in [5.41, 5.74) is -0.0617. The van der Waals surface area contributed by atoms with Crippen LogP contribution in [0, 0.1) is 5.82 Å². The van der Waals surface area contributed by atoms with Gasteiger partial charge >= 0.3 is 0 Å². The van der Waals surface area contributed by atoms with Crippen LogP contribution in [0.2, 0.25) is 5.15 Å². The first-order chi connectivity index (χ1) is 6.16. The van der Waals surface area contributed by atoms with Crippen LogP contribution in [0.4, 0.5) is 4.39 Å². The minimum Gasteiger partial charge on any atom is -0.269 e. The second-order valence-electron chi connectivity index (χ2n) is 2.49. The van der Waals surface area contributed by atoms with E-state index in [1.54, 1.807) is 0 Å². The zero-order valence-corrected chi connectivity index (χ0v) is 7.12. The van der Waals surface area contributed by atoms with Gasteiger partial charge in [-0.2, -0.15) is 0 Å². The molecule has 2 aromatic rings. The van der Waals surface area contributed by atoms with E-state index in [0.717, 1.165) is 16.7 Å². The normalized spacial score (nSPS) is 10.6. The standard InChI is InChI=1S/C8H4ClFN2O/c9-6-3-8(13)12-4-5(10)1-2-7(12)11-6/h1-4H. The molecule has 0 N–H and O–H groups in total. The lowest BCUT2D eigenvalue weighted by atomic mass is 10.4. The van der Waals surface area contributed by atoms with Gasteiger partial charge < -0.3 is 0 Å². The van der Waals surface area contributed by atoms with E-state index in [1.165, 1.54) is 12.1 Å². The van der Waals surface area contributed by atoms with Gasteiger partial charge in [-0.05, 0) is 12.1 Å². The summed E-state index contributed by atoms with van der Waals surface area (Å²) in [7, 11) is 0. The fraction of sp³-hybridized carbons (Fsp3) is 0. The monoisotopic (exact) mass is 198 g/mol. The third-order valence-electron chi connectivity index (χ3n) is 1.59. The maximum Gasteiger partial charge on any atom is 0.259 e. The Morgan fingerprint density at radius 2 is 2.23 bits per heavy atom. The smallest absolute Gasteiger partial charge is 0.259 e. The highest BCUT2D eigenvalue weighted by molar-refractivity contribution is 6.29. The fourth-order valence-electron chi connectivity index (χ4n) is 1.05. The Morgan fingerprint density at radius 1 is 1.46 bits per heavy atom. The zero-order chi connectivity index (χ0) is 9.42. The Morgan fingerprint density at radius 3 is 3.00 bits per heavy atom. The molecule has 0 atom stereocenters. The maximum absolute atomic E-state index is 12.7. The van der Waals surface area contributed by atoms with Gasteiger partial charge in [0.25, 0.3) is 5.56 Å². The molecule has 0 saturated carbocycles. The second kappa shape index (κ2) is 2.81. The SMILES string of the molecule is O=c1cc(Cl)nc2ccc(F)cn12. The van der Waals surface area contributed by atoms with Crippen LogP contribution in [0.3, 0.4) is 0 Å². The van der Waals surface area contributed by atoms with Crippen LogP contribution in [-0.4, -0.2) is 9.38 Å². The first-order valence-corrected chi connectivity index (χ1v) is 3.89. The highest BCUT2D eigenvalue weighted by Gasteiger charge is 2.00. The van der Waals surface area contributed by atoms with Crippen molar-refractivity contribution < 1.29 is 4.39 Å². The molecule has 0 saturated heterocycles. The highest BCUT2D eigenvalue weighted by atomic mass is 35.5. The molecular formula is C8H4ClFN2O. The lowest BCUT2D eigenvalue weighted by Gasteiger charge is -1.98. The second-order valence-corrected chi connectivity index (χ2v) is 2.88. The van der Waals surface area contributed by atoms with E-state index in [0.29, 0.717) is 5.65 Å². The average Bonchev–Trinajstić information content (AvgIpc) is 2.06. The van der Waals surface area contributed by atoms with Gasteiger partial charge in [-0.1, -0.05) is 11.6 Å². The van der Waals surface area contributed by atoms with Crippen molar-refractivity contribution in [1.82, 2.24) is 9.38 Å². The Balaban J connectivity index is 2.95. The van der Waals surface area contributed by atoms with Crippen molar-refractivity contribution >= 4 is 17.2 Å². The molecule has 2 rings (SSSR count). The van der Waals surface area contributed by atoms with Crippen molar-refractivity contribution in [3.8, 4) is 0 Å². The van der Waals surface area contributed by atoms with Crippen LogP contribution in [0.5, 0.6) is 0 Å². The van der Waals surface area contributed by atoms with Gasteiger partial charge in [0.15, 0.2) is 0 Å². The molecule has 2 aromatic heterocycles. The van der Waals surface area contributed by atoms with E-state index in [1.807, 2.05) is 0 Å². The first-order valence-electron chi connectivity index (χ1n) is 3.51. The van der Waals surface area contributed by atoms with Gasteiger partial charge in [-0.3, -0.25) is 9.20 Å². The predicted octanol–water partition coefficient (Wildman–Crippen LogP) is 1.49. The van der Waals surface area contributed by atoms with Crippen LogP contribution < -0.4 is 5.56 Å². The largest absolute Gasteiger partial charge is 0.269 e. The first kappa shape index (κ1) is 8.19. The molecule has 0 aliphatic rings. The van der Waals surface area contributed by atoms with Crippen LogP contribution >= 0.6 is 11.6 Å². The molecule has 66 valence electrons. The summed E-state index contributed by atoms with van der Waals surface area (Å²) in [6.07, 6.45) is 1.07. The maximum atomic E-state index is 12.7. The number of aromatic nitrogens is 2. The molecule has 0 radical (unpaired) electrons. The molecular weight excluding hydrogens is 195 g/mol. The molecule has 0 aliphatic heterocycles. The van der Waals surface area contributed by atoms with E-state index in [2.05, 4.69) is 4.98 Å². The topological polar surface area (TPSA) is 34.4 Å². The number of rotatable bonds is 0. The number of hydrogen-bond donors (Lipinski definition) is 0. The van der Waals surface area contributed by atoms with Gasteiger partial charge in [-0.15, -0.1) is 0 Å². The molecule has 0 aromatic carbocycles. The minimum atomic E-state index is -0.487. The van der Waals surface area contributed by atoms with Crippen molar-refractivity contribution in [2.75, 3.05) is 0 Å². The summed E-state index contributed by atoms with van der Waals surface area (Å²) in [4.78, 5) is 15.1. The van der Waals surface area contributed by atoms with Gasteiger partial charge in [0.2, 0.25) is 0 Å². The molecule has 0 unspecified atom stereocenters. The summed E-state index contributed by atoms with van der Waals surface area (Å²) in [5.74, 6) is -0.487. The third kappa shape index (κ3) is 1.40. The van der Waals surface area contributed by atoms with Crippen molar-refractivity contribution in [3.05, 3.63) is 45.7 Å². The van der Waals surface area contributed by atoms with E-state index >= 15 is 0 Å². The molecule has 2 heterocycles. The third-order valence-corrected chi connectivity index (χ3v) is 1.79. The van der Waals surface area contributed by atoms with Gasteiger partial charge in [-0.25, -0.2) is 9.37 Å². The Hall–Kier alpha value is -1.42. The van der Waals surface area contributed by atoms with Crippen LogP contribution in [-0.2, 0) is 0 Å². The van der Waals surface area contributed by atoms with Crippen LogP contribution in [0.15, 0.2) is 29.2 Å². The number of hydrogen-bond acceptors (Lipinski definition) is 2. The fourth-order valence-corrected chi connectivity index (χ4v) is 1.23. The summed E-state index contributed by atoms with van der Waals surface area (Å²) in [6, 6.07) is 3.74. The summed E-state index contributed by atoms with van der Waals surface area (Å²) >= 11 is 5.55. The Kier molecular flexibility index (Phi) is 1.77. The molecule has 0 aliphatic carbocycles. The van der Waals surface area contributed by atoms with Gasteiger partial charge in [0, 0.05) is 12.3 Å². The van der Waals surface area contributed by atoms with Gasteiger partial charge in [0.05, 0.1) is 0 Å². The molecule has 5 heteroatoms. The van der Waals surface area contributed by atoms with Crippen LogP contribution in [0.25, 0.3) is 5.65 Å². The van der Waals surface area contributed by atoms with Crippen molar-refractivity contribution in [2.24, 2.45) is 0 Å². The highest BCUT2D eigenvalue weighted by Crippen LogP contribution is 2.04. The van der Waals surface area contributed by atoms with E-state index < -0.39 is 11.4 Å². The average molecular weight is 199 g/mol. The zero-order valence-electron chi connectivity index (χ0n) is 6.37. The number of nitrogens with zero attached hydrogens (tertiary/aromatic N) is 2. The minimum absolute atomic E-state index is 0.108. The summed E-state index contributed by atoms with van der Waals surface area (Å²) in [5, 5.41) is 0.108. The molecule has 0 spiro atoms. The van der Waals surface area contributed by atoms with Crippen molar-refractivity contribution in [1.29, 1.82) is 0 Å². The molecule has 13 heavy (non-hydrogen) atoms. The lowest BCUT2D eigenvalue weighted by molar-refractivity contribution is 0.617. The van der Waals surface area contributed by atoms with E-state index in [-0.39, 0.29) is 5.15 Å². The molecule has 3 nitrogen and oxygen atoms in total. The van der Waals surface area contributed by atoms with Gasteiger partial charge in [0.1, 0.15) is 16.6 Å². The van der Waals surface area contributed by atoms with E-state index in [4.69, 9.17) is 11.6 Å². The quantitative estimate of drug-likeness (QED) is 0.601.